The van der Waals surface area contributed by atoms with Gasteiger partial charge in [0.15, 0.2) is 5.65 Å². The molecule has 9 nitrogen and oxygen atoms in total. The van der Waals surface area contributed by atoms with Crippen LogP contribution in [-0.4, -0.2) is 41.0 Å². The van der Waals surface area contributed by atoms with Crippen LogP contribution in [0.2, 0.25) is 0 Å². The molecule has 1 amide bonds. The van der Waals surface area contributed by atoms with Crippen molar-refractivity contribution < 1.29 is 4.79 Å². The Morgan fingerprint density at radius 2 is 1.77 bits per heavy atom. The van der Waals surface area contributed by atoms with Crippen LogP contribution in [0, 0.1) is 0 Å². The molecular weight excluding hydrogens is 440 g/mol. The maximum absolute atomic E-state index is 11.8. The smallest absolute Gasteiger partial charge is 0.224 e. The summed E-state index contributed by atoms with van der Waals surface area (Å²) in [6.45, 7) is 1.81. The minimum Gasteiger partial charge on any atom is -0.352 e. The number of nitrogens with one attached hydrogen (secondary N) is 3. The third-order valence-corrected chi connectivity index (χ3v) is 5.87. The summed E-state index contributed by atoms with van der Waals surface area (Å²) in [6.07, 6.45) is 12.8. The highest BCUT2D eigenvalue weighted by Gasteiger charge is 2.15. The van der Waals surface area contributed by atoms with Crippen molar-refractivity contribution in [3.8, 4) is 33.6 Å². The summed E-state index contributed by atoms with van der Waals surface area (Å²) in [6, 6.07) is 9.92. The summed E-state index contributed by atoms with van der Waals surface area (Å²) in [5, 5.41) is 12.3. The molecule has 0 aliphatic heterocycles. The van der Waals surface area contributed by atoms with E-state index in [4.69, 9.17) is 0 Å². The topological polar surface area (TPSA) is 125 Å². The van der Waals surface area contributed by atoms with Crippen molar-refractivity contribution in [2.75, 3.05) is 5.32 Å². The summed E-state index contributed by atoms with van der Waals surface area (Å²) < 4.78 is 0. The molecule has 6 heterocycles. The first-order valence-corrected chi connectivity index (χ1v) is 11.2. The van der Waals surface area contributed by atoms with Gasteiger partial charge in [-0.2, -0.15) is 5.10 Å². The molecule has 0 radical (unpaired) electrons. The molecule has 0 aliphatic rings. The minimum atomic E-state index is -0.0615. The standard InChI is InChI=1S/C26H20N8O/c1-2-24(35)31-18-6-16(10-28-12-18)17-7-20-25(33-34-26(20)30-11-17)22-8-19-21(13-29-14-23(19)32-22)15-4-3-5-27-9-15/h3-14,32H,2H2,1H3,(H,31,35)(H,30,33,34). The molecule has 0 saturated heterocycles. The number of fused-ring (bicyclic) bond motifs is 2. The monoisotopic (exact) mass is 460 g/mol. The third kappa shape index (κ3) is 3.78. The van der Waals surface area contributed by atoms with Crippen LogP contribution in [-0.2, 0) is 4.79 Å². The number of carbonyl (C=O) groups is 1. The number of H-pyrrole nitrogens is 2. The van der Waals surface area contributed by atoms with Crippen molar-refractivity contribution in [2.45, 2.75) is 13.3 Å². The van der Waals surface area contributed by atoms with E-state index in [1.54, 1.807) is 24.8 Å². The van der Waals surface area contributed by atoms with E-state index in [1.165, 1.54) is 0 Å². The molecule has 9 heteroatoms. The number of carbonyl (C=O) groups excluding carboxylic acids is 1. The van der Waals surface area contributed by atoms with Crippen LogP contribution in [0.3, 0.4) is 0 Å². The van der Waals surface area contributed by atoms with Gasteiger partial charge in [0.2, 0.25) is 5.91 Å². The fraction of sp³-hybridized carbons (Fsp3) is 0.0769. The lowest BCUT2D eigenvalue weighted by atomic mass is 10.1. The van der Waals surface area contributed by atoms with Gasteiger partial charge in [0, 0.05) is 70.4 Å². The molecule has 3 N–H and O–H groups in total. The average molecular weight is 461 g/mol. The second-order valence-corrected chi connectivity index (χ2v) is 8.13. The summed E-state index contributed by atoms with van der Waals surface area (Å²) >= 11 is 0. The number of rotatable bonds is 5. The van der Waals surface area contributed by atoms with Gasteiger partial charge in [-0.15, -0.1) is 0 Å². The number of amides is 1. The zero-order valence-corrected chi connectivity index (χ0v) is 18.8. The van der Waals surface area contributed by atoms with E-state index in [2.05, 4.69) is 46.5 Å². The lowest BCUT2D eigenvalue weighted by Crippen LogP contribution is -2.09. The molecule has 35 heavy (non-hydrogen) atoms. The van der Waals surface area contributed by atoms with Gasteiger partial charge in [-0.05, 0) is 24.3 Å². The Bertz CT molecular complexity index is 1690. The second-order valence-electron chi connectivity index (χ2n) is 8.13. The number of nitrogens with zero attached hydrogens (tertiary/aromatic N) is 5. The van der Waals surface area contributed by atoms with Crippen LogP contribution < -0.4 is 5.32 Å². The summed E-state index contributed by atoms with van der Waals surface area (Å²) in [5.74, 6) is -0.0615. The van der Waals surface area contributed by atoms with Crippen molar-refractivity contribution in [3.63, 3.8) is 0 Å². The number of hydrogen-bond donors (Lipinski definition) is 3. The van der Waals surface area contributed by atoms with Gasteiger partial charge in [-0.1, -0.05) is 13.0 Å². The SMILES string of the molecule is CCC(=O)Nc1cncc(-c2cnc3n[nH]c(-c4cc5c(-c6cccnc6)cncc5[nH]4)c3c2)c1. The highest BCUT2D eigenvalue weighted by Crippen LogP contribution is 2.34. The van der Waals surface area contributed by atoms with Crippen LogP contribution in [0.25, 0.3) is 55.6 Å². The van der Waals surface area contributed by atoms with E-state index >= 15 is 0 Å². The van der Waals surface area contributed by atoms with Gasteiger partial charge in [-0.3, -0.25) is 24.8 Å². The van der Waals surface area contributed by atoms with E-state index < -0.39 is 0 Å². The van der Waals surface area contributed by atoms with Crippen LogP contribution in [0.1, 0.15) is 13.3 Å². The predicted octanol–water partition coefficient (Wildman–Crippen LogP) is 4.97. The summed E-state index contributed by atoms with van der Waals surface area (Å²) in [7, 11) is 0. The van der Waals surface area contributed by atoms with E-state index in [9.17, 15) is 4.79 Å². The van der Waals surface area contributed by atoms with E-state index in [-0.39, 0.29) is 5.91 Å². The highest BCUT2D eigenvalue weighted by atomic mass is 16.1. The Hall–Kier alpha value is -4.92. The minimum absolute atomic E-state index is 0.0615. The Balaban J connectivity index is 1.43. The summed E-state index contributed by atoms with van der Waals surface area (Å²) in [4.78, 5) is 32.7. The Morgan fingerprint density at radius 3 is 2.63 bits per heavy atom. The van der Waals surface area contributed by atoms with Crippen molar-refractivity contribution in [1.82, 2.24) is 35.1 Å². The maximum atomic E-state index is 11.8. The van der Waals surface area contributed by atoms with Crippen molar-refractivity contribution in [3.05, 3.63) is 73.7 Å². The molecule has 170 valence electrons. The lowest BCUT2D eigenvalue weighted by Gasteiger charge is -2.06. The fourth-order valence-electron chi connectivity index (χ4n) is 4.12. The molecule has 0 atom stereocenters. The first-order chi connectivity index (χ1) is 17.2. The Labute approximate surface area is 199 Å². The molecule has 0 saturated carbocycles. The van der Waals surface area contributed by atoms with Crippen LogP contribution in [0.4, 0.5) is 5.69 Å². The molecule has 6 rings (SSSR count). The normalized spacial score (nSPS) is 11.2. The van der Waals surface area contributed by atoms with Gasteiger partial charge in [0.05, 0.1) is 35.0 Å². The molecular formula is C26H20N8O. The molecule has 0 bridgehead atoms. The lowest BCUT2D eigenvalue weighted by molar-refractivity contribution is -0.115. The van der Waals surface area contributed by atoms with E-state index in [0.717, 1.165) is 49.9 Å². The number of aromatic nitrogens is 7. The highest BCUT2D eigenvalue weighted by molar-refractivity contribution is 6.00. The van der Waals surface area contributed by atoms with Crippen LogP contribution in [0.15, 0.2) is 73.7 Å². The molecule has 6 aromatic heterocycles. The van der Waals surface area contributed by atoms with Crippen molar-refractivity contribution >= 4 is 33.5 Å². The van der Waals surface area contributed by atoms with Gasteiger partial charge in [0.25, 0.3) is 0 Å². The molecule has 0 fully saturated rings. The second kappa shape index (κ2) is 8.45. The number of aromatic amines is 2. The molecule has 0 unspecified atom stereocenters. The van der Waals surface area contributed by atoms with E-state index in [1.807, 2.05) is 49.8 Å². The molecule has 6 aromatic rings. The number of pyridine rings is 4. The van der Waals surface area contributed by atoms with Gasteiger partial charge < -0.3 is 10.3 Å². The van der Waals surface area contributed by atoms with Crippen LogP contribution >= 0.6 is 0 Å². The van der Waals surface area contributed by atoms with Crippen molar-refractivity contribution in [1.29, 1.82) is 0 Å². The quantitative estimate of drug-likeness (QED) is 0.333. The predicted molar refractivity (Wildman–Crippen MR) is 134 cm³/mol. The number of anilines is 1. The zero-order valence-electron chi connectivity index (χ0n) is 18.8. The van der Waals surface area contributed by atoms with Crippen LogP contribution in [0.5, 0.6) is 0 Å². The zero-order chi connectivity index (χ0) is 23.8. The van der Waals surface area contributed by atoms with Gasteiger partial charge in [-0.25, -0.2) is 4.98 Å². The Kier molecular flexibility index (Phi) is 4.99. The van der Waals surface area contributed by atoms with E-state index in [0.29, 0.717) is 17.8 Å². The fourth-order valence-corrected chi connectivity index (χ4v) is 4.12. The first-order valence-electron chi connectivity index (χ1n) is 11.2. The largest absolute Gasteiger partial charge is 0.352 e. The maximum Gasteiger partial charge on any atom is 0.224 e. The summed E-state index contributed by atoms with van der Waals surface area (Å²) in [5.41, 5.74) is 7.58. The molecule has 0 aliphatic carbocycles. The van der Waals surface area contributed by atoms with Gasteiger partial charge >= 0.3 is 0 Å². The first kappa shape index (κ1) is 20.7. The molecule has 0 spiro atoms. The average Bonchev–Trinajstić information content (AvgIpc) is 3.53. The third-order valence-electron chi connectivity index (χ3n) is 5.87. The van der Waals surface area contributed by atoms with Gasteiger partial charge in [0.1, 0.15) is 0 Å². The molecule has 0 aromatic carbocycles. The Morgan fingerprint density at radius 1 is 0.914 bits per heavy atom. The number of hydrogen-bond acceptors (Lipinski definition) is 6. The van der Waals surface area contributed by atoms with Crippen molar-refractivity contribution in [2.24, 2.45) is 0 Å².